The molecule has 3 amide bonds. The standard InChI is InChI=1S/C24H33N3O4S/c1-6-23(4,5)26-21(29)19-24-10-9-16(31-24)17(18(24)22(30)27(19)13-14(2)3)20(28)25-12-15-8-7-11-32-15/h7-11,14,16-19H,6,12-13H2,1-5H3,(H,25,28)(H,26,29). The minimum absolute atomic E-state index is 0.170. The number of rotatable bonds is 8. The first-order chi connectivity index (χ1) is 15.1. The maximum atomic E-state index is 13.7. The van der Waals surface area contributed by atoms with Crippen molar-refractivity contribution in [2.45, 2.75) is 70.9 Å². The topological polar surface area (TPSA) is 87.7 Å². The Hall–Kier alpha value is -2.19. The molecule has 0 aliphatic carbocycles. The summed E-state index contributed by atoms with van der Waals surface area (Å²) in [6, 6.07) is 3.12. The first kappa shape index (κ1) is 23.0. The van der Waals surface area contributed by atoms with Crippen molar-refractivity contribution in [2.75, 3.05) is 6.54 Å². The molecule has 0 saturated carbocycles. The molecular weight excluding hydrogens is 426 g/mol. The van der Waals surface area contributed by atoms with E-state index in [0.29, 0.717) is 13.1 Å². The van der Waals surface area contributed by atoms with E-state index in [4.69, 9.17) is 4.74 Å². The Labute approximate surface area is 193 Å². The largest absolute Gasteiger partial charge is 0.359 e. The predicted molar refractivity (Wildman–Crippen MR) is 123 cm³/mol. The van der Waals surface area contributed by atoms with Crippen LogP contribution in [0.1, 0.15) is 45.9 Å². The molecule has 3 aliphatic heterocycles. The molecule has 3 aliphatic rings. The van der Waals surface area contributed by atoms with E-state index in [-0.39, 0.29) is 23.6 Å². The van der Waals surface area contributed by atoms with Crippen molar-refractivity contribution in [3.8, 4) is 0 Å². The molecule has 5 unspecified atom stereocenters. The van der Waals surface area contributed by atoms with E-state index in [2.05, 4.69) is 10.6 Å². The Balaban J connectivity index is 1.63. The van der Waals surface area contributed by atoms with Gasteiger partial charge >= 0.3 is 0 Å². The van der Waals surface area contributed by atoms with Crippen molar-refractivity contribution >= 4 is 29.1 Å². The van der Waals surface area contributed by atoms with Crippen molar-refractivity contribution in [3.63, 3.8) is 0 Å². The summed E-state index contributed by atoms with van der Waals surface area (Å²) in [5.74, 6) is -1.75. The van der Waals surface area contributed by atoms with E-state index in [1.165, 1.54) is 0 Å². The Bertz CT molecular complexity index is 926. The normalized spacial score (nSPS) is 30.8. The van der Waals surface area contributed by atoms with E-state index in [9.17, 15) is 14.4 Å². The molecule has 0 aromatic carbocycles. The molecule has 7 nitrogen and oxygen atoms in total. The van der Waals surface area contributed by atoms with Crippen LogP contribution < -0.4 is 10.6 Å². The summed E-state index contributed by atoms with van der Waals surface area (Å²) in [7, 11) is 0. The van der Waals surface area contributed by atoms with Crippen LogP contribution in [0.25, 0.3) is 0 Å². The second-order valence-electron chi connectivity index (χ2n) is 10.1. The number of carbonyl (C=O) groups excluding carboxylic acids is 3. The molecule has 1 aromatic heterocycles. The summed E-state index contributed by atoms with van der Waals surface area (Å²) in [5, 5.41) is 8.04. The maximum Gasteiger partial charge on any atom is 0.246 e. The van der Waals surface area contributed by atoms with Crippen LogP contribution in [0.5, 0.6) is 0 Å². The molecule has 2 saturated heterocycles. The minimum Gasteiger partial charge on any atom is -0.359 e. The third kappa shape index (κ3) is 3.77. The molecule has 4 heterocycles. The third-order valence-corrected chi connectivity index (χ3v) is 7.73. The zero-order chi connectivity index (χ0) is 23.3. The number of thiophene rings is 1. The van der Waals surface area contributed by atoms with Crippen LogP contribution in [-0.2, 0) is 25.7 Å². The SMILES string of the molecule is CCC(C)(C)NC(=O)C1N(CC(C)C)C(=O)C2C(C(=O)NCc3cccs3)C3C=CC21O3. The molecule has 5 atom stereocenters. The molecule has 1 spiro atoms. The van der Waals surface area contributed by atoms with Gasteiger partial charge in [-0.25, -0.2) is 0 Å². The maximum absolute atomic E-state index is 13.7. The molecule has 32 heavy (non-hydrogen) atoms. The van der Waals surface area contributed by atoms with E-state index in [1.54, 1.807) is 16.2 Å². The highest BCUT2D eigenvalue weighted by Crippen LogP contribution is 2.55. The van der Waals surface area contributed by atoms with Crippen LogP contribution in [0, 0.1) is 17.8 Å². The van der Waals surface area contributed by atoms with Gasteiger partial charge in [0.15, 0.2) is 0 Å². The van der Waals surface area contributed by atoms with Gasteiger partial charge in [-0.2, -0.15) is 0 Å². The van der Waals surface area contributed by atoms with Crippen molar-refractivity contribution in [1.82, 2.24) is 15.5 Å². The first-order valence-corrected chi connectivity index (χ1v) is 12.3. The van der Waals surface area contributed by atoms with Crippen molar-refractivity contribution in [2.24, 2.45) is 17.8 Å². The molecule has 2 fully saturated rings. The molecule has 2 bridgehead atoms. The lowest BCUT2D eigenvalue weighted by Gasteiger charge is -2.35. The fourth-order valence-electron chi connectivity index (χ4n) is 5.05. The highest BCUT2D eigenvalue weighted by atomic mass is 32.1. The van der Waals surface area contributed by atoms with Crippen LogP contribution in [0.3, 0.4) is 0 Å². The summed E-state index contributed by atoms with van der Waals surface area (Å²) in [6.07, 6.45) is 3.96. The summed E-state index contributed by atoms with van der Waals surface area (Å²) in [6.45, 7) is 10.8. The quantitative estimate of drug-likeness (QED) is 0.585. The van der Waals surface area contributed by atoms with Crippen LogP contribution in [-0.4, -0.2) is 52.5 Å². The Kier molecular flexibility index (Phi) is 5.96. The minimum atomic E-state index is -1.10. The van der Waals surface area contributed by atoms with Crippen LogP contribution in [0.2, 0.25) is 0 Å². The zero-order valence-electron chi connectivity index (χ0n) is 19.4. The monoisotopic (exact) mass is 459 g/mol. The summed E-state index contributed by atoms with van der Waals surface area (Å²) in [5.41, 5.74) is -1.51. The molecule has 4 rings (SSSR count). The van der Waals surface area contributed by atoms with Gasteiger partial charge in [-0.15, -0.1) is 11.3 Å². The molecule has 0 radical (unpaired) electrons. The Morgan fingerprint density at radius 1 is 1.31 bits per heavy atom. The smallest absolute Gasteiger partial charge is 0.246 e. The van der Waals surface area contributed by atoms with Gasteiger partial charge in [0.2, 0.25) is 17.7 Å². The number of ether oxygens (including phenoxy) is 1. The Morgan fingerprint density at radius 3 is 2.69 bits per heavy atom. The third-order valence-electron chi connectivity index (χ3n) is 6.85. The average Bonchev–Trinajstić information content (AvgIpc) is 3.48. The summed E-state index contributed by atoms with van der Waals surface area (Å²) in [4.78, 5) is 43.1. The van der Waals surface area contributed by atoms with Gasteiger partial charge in [-0.05, 0) is 37.6 Å². The van der Waals surface area contributed by atoms with E-state index < -0.39 is 35.1 Å². The number of nitrogens with one attached hydrogen (secondary N) is 2. The van der Waals surface area contributed by atoms with Crippen molar-refractivity contribution in [3.05, 3.63) is 34.5 Å². The van der Waals surface area contributed by atoms with Crippen LogP contribution in [0.15, 0.2) is 29.7 Å². The van der Waals surface area contributed by atoms with Gasteiger partial charge < -0.3 is 20.3 Å². The number of fused-ring (bicyclic) bond motifs is 1. The molecule has 1 aromatic rings. The second-order valence-corrected chi connectivity index (χ2v) is 11.1. The van der Waals surface area contributed by atoms with Crippen molar-refractivity contribution in [1.29, 1.82) is 0 Å². The summed E-state index contributed by atoms with van der Waals surface area (Å²) >= 11 is 1.57. The van der Waals surface area contributed by atoms with E-state index in [1.807, 2.05) is 64.3 Å². The van der Waals surface area contributed by atoms with Gasteiger partial charge in [-0.3, -0.25) is 14.4 Å². The fourth-order valence-corrected chi connectivity index (χ4v) is 5.70. The van der Waals surface area contributed by atoms with Gasteiger partial charge in [-0.1, -0.05) is 39.0 Å². The number of nitrogens with zero attached hydrogens (tertiary/aromatic N) is 1. The predicted octanol–water partition coefficient (Wildman–Crippen LogP) is 2.48. The van der Waals surface area contributed by atoms with E-state index in [0.717, 1.165) is 11.3 Å². The fraction of sp³-hybridized carbons (Fsp3) is 0.625. The average molecular weight is 460 g/mol. The number of likely N-dealkylation sites (tertiary alicyclic amines) is 1. The molecule has 174 valence electrons. The van der Waals surface area contributed by atoms with Crippen LogP contribution >= 0.6 is 11.3 Å². The lowest BCUT2D eigenvalue weighted by atomic mass is 9.74. The number of carbonyl (C=O) groups is 3. The number of hydrogen-bond acceptors (Lipinski definition) is 5. The molecule has 2 N–H and O–H groups in total. The van der Waals surface area contributed by atoms with Gasteiger partial charge in [0.05, 0.1) is 24.5 Å². The zero-order valence-corrected chi connectivity index (χ0v) is 20.2. The lowest BCUT2D eigenvalue weighted by Crippen LogP contribution is -2.58. The van der Waals surface area contributed by atoms with E-state index >= 15 is 0 Å². The van der Waals surface area contributed by atoms with Gasteiger partial charge in [0, 0.05) is 17.0 Å². The number of hydrogen-bond donors (Lipinski definition) is 2. The Morgan fingerprint density at radius 2 is 2.06 bits per heavy atom. The van der Waals surface area contributed by atoms with Gasteiger partial charge in [0.1, 0.15) is 11.6 Å². The molecular formula is C24H33N3O4S. The highest BCUT2D eigenvalue weighted by Gasteiger charge is 2.72. The highest BCUT2D eigenvalue weighted by molar-refractivity contribution is 7.09. The first-order valence-electron chi connectivity index (χ1n) is 11.4. The molecule has 8 heteroatoms. The summed E-state index contributed by atoms with van der Waals surface area (Å²) < 4.78 is 6.33. The van der Waals surface area contributed by atoms with Crippen LogP contribution in [0.4, 0.5) is 0 Å². The lowest BCUT2D eigenvalue weighted by molar-refractivity contribution is -0.142. The van der Waals surface area contributed by atoms with Gasteiger partial charge in [0.25, 0.3) is 0 Å². The van der Waals surface area contributed by atoms with Crippen molar-refractivity contribution < 1.29 is 19.1 Å². The number of amides is 3. The second kappa shape index (κ2) is 8.30.